The van der Waals surface area contributed by atoms with E-state index in [9.17, 15) is 14.4 Å². The molecule has 0 unspecified atom stereocenters. The van der Waals surface area contributed by atoms with Crippen molar-refractivity contribution < 1.29 is 18.8 Å². The van der Waals surface area contributed by atoms with Crippen molar-refractivity contribution in [1.82, 2.24) is 0 Å². The summed E-state index contributed by atoms with van der Waals surface area (Å²) in [6, 6.07) is 45.6. The van der Waals surface area contributed by atoms with E-state index >= 15 is 0 Å². The maximum atomic E-state index is 14.8. The van der Waals surface area contributed by atoms with Crippen LogP contribution in [0.2, 0.25) is 0 Å². The van der Waals surface area contributed by atoms with Crippen LogP contribution in [0.4, 0.5) is 0 Å². The second kappa shape index (κ2) is 10.8. The molecule has 0 fully saturated rings. The van der Waals surface area contributed by atoms with Gasteiger partial charge in [-0.25, -0.2) is 0 Å². The maximum Gasteiger partial charge on any atom is 0.229 e. The number of carbonyl (C=O) groups excluding carboxylic acids is 3. The molecule has 5 heteroatoms. The van der Waals surface area contributed by atoms with Crippen molar-refractivity contribution in [3.63, 3.8) is 0 Å². The van der Waals surface area contributed by atoms with Gasteiger partial charge < -0.3 is 4.42 Å². The van der Waals surface area contributed by atoms with Gasteiger partial charge in [0.05, 0.1) is 6.26 Å². The quantitative estimate of drug-likeness (QED) is 0.169. The molecule has 5 aromatic carbocycles. The summed E-state index contributed by atoms with van der Waals surface area (Å²) in [6.45, 7) is -2.91. The molecule has 0 N–H and O–H groups in total. The number of hydrogen-bond acceptors (Lipinski definition) is 4. The molecule has 206 valence electrons. The first-order valence-electron chi connectivity index (χ1n) is 13.9. The van der Waals surface area contributed by atoms with Crippen molar-refractivity contribution >= 4 is 45.4 Å². The fourth-order valence-electron chi connectivity index (χ4n) is 6.04. The third-order valence-electron chi connectivity index (χ3n) is 7.92. The highest BCUT2D eigenvalue weighted by Gasteiger charge is 2.37. The van der Waals surface area contributed by atoms with Crippen LogP contribution in [0.15, 0.2) is 156 Å². The van der Waals surface area contributed by atoms with Crippen molar-refractivity contribution in [2.24, 2.45) is 0 Å². The minimum absolute atomic E-state index is 0.202. The molecule has 0 saturated heterocycles. The van der Waals surface area contributed by atoms with Gasteiger partial charge in [-0.15, -0.1) is 0 Å². The molecule has 0 saturated carbocycles. The zero-order valence-electron chi connectivity index (χ0n) is 23.0. The summed E-state index contributed by atoms with van der Waals surface area (Å²) in [5, 5.41) is 3.46. The number of ketones is 3. The number of hydrogen-bond donors (Lipinski definition) is 0. The average Bonchev–Trinajstić information content (AvgIpc) is 3.62. The number of benzene rings is 5. The van der Waals surface area contributed by atoms with Gasteiger partial charge in [-0.05, 0) is 52.6 Å². The standard InChI is InChI=1S/C38H25O4P/c39-35-30-19-10-11-20-31(30)36(40)33-25-26(22-23-32(33)35)38(37(41)34-21-12-24-42-34)43(27-13-4-1-5-14-27,28-15-6-2-7-16-28)29-17-8-3-9-18-29/h1-25H. The van der Waals surface area contributed by atoms with E-state index in [1.165, 1.54) is 6.26 Å². The SMILES string of the molecule is O=C(C(c1ccc2c(c1)C(=O)c1ccccc1C2=O)=P(c1ccccc1)(c1ccccc1)c1ccccc1)c1ccco1. The predicted octanol–water partition coefficient (Wildman–Crippen LogP) is 6.45. The second-order valence-corrected chi connectivity index (χ2v) is 13.6. The Hall–Kier alpha value is -5.31. The summed E-state index contributed by atoms with van der Waals surface area (Å²) in [5.41, 5.74) is 1.96. The van der Waals surface area contributed by atoms with E-state index in [-0.39, 0.29) is 23.1 Å². The summed E-state index contributed by atoms with van der Waals surface area (Å²) in [6.07, 6.45) is 1.49. The van der Waals surface area contributed by atoms with E-state index in [1.54, 1.807) is 54.6 Å². The van der Waals surface area contributed by atoms with Gasteiger partial charge in [0.2, 0.25) is 5.78 Å². The Labute approximate surface area is 249 Å². The first kappa shape index (κ1) is 26.6. The average molecular weight is 577 g/mol. The Morgan fingerprint density at radius 3 is 1.44 bits per heavy atom. The maximum absolute atomic E-state index is 14.8. The fourth-order valence-corrected chi connectivity index (χ4v) is 10.5. The molecule has 0 radical (unpaired) electrons. The van der Waals surface area contributed by atoms with Gasteiger partial charge in [0.1, 0.15) is 0 Å². The van der Waals surface area contributed by atoms with Crippen LogP contribution in [0.1, 0.15) is 48.0 Å². The van der Waals surface area contributed by atoms with Crippen molar-refractivity contribution in [3.05, 3.63) is 185 Å². The van der Waals surface area contributed by atoms with Crippen molar-refractivity contribution in [2.45, 2.75) is 0 Å². The third kappa shape index (κ3) is 4.27. The van der Waals surface area contributed by atoms with Crippen molar-refractivity contribution in [3.8, 4) is 0 Å². The van der Waals surface area contributed by atoms with Crippen LogP contribution in [-0.2, 0) is 0 Å². The molecule has 4 nitrogen and oxygen atoms in total. The monoisotopic (exact) mass is 576 g/mol. The molecule has 6 aromatic rings. The van der Waals surface area contributed by atoms with Crippen molar-refractivity contribution in [1.29, 1.82) is 0 Å². The predicted molar refractivity (Wildman–Crippen MR) is 172 cm³/mol. The molecule has 43 heavy (non-hydrogen) atoms. The lowest BCUT2D eigenvalue weighted by Gasteiger charge is -2.32. The molecule has 1 aliphatic carbocycles. The van der Waals surface area contributed by atoms with Gasteiger partial charge in [-0.3, -0.25) is 14.4 Å². The molecule has 0 bridgehead atoms. The van der Waals surface area contributed by atoms with Gasteiger partial charge in [0, 0.05) is 27.5 Å². The lowest BCUT2D eigenvalue weighted by molar-refractivity contribution is 0.0979. The molecule has 0 atom stereocenters. The Bertz CT molecular complexity index is 1960. The van der Waals surface area contributed by atoms with E-state index in [4.69, 9.17) is 4.42 Å². The fraction of sp³-hybridized carbons (Fsp3) is 0. The largest absolute Gasteiger partial charge is 0.461 e. The normalized spacial score (nSPS) is 12.4. The minimum Gasteiger partial charge on any atom is -0.461 e. The van der Waals surface area contributed by atoms with Gasteiger partial charge >= 0.3 is 0 Å². The zero-order chi connectivity index (χ0) is 29.4. The van der Waals surface area contributed by atoms with E-state index in [1.807, 2.05) is 54.6 Å². The van der Waals surface area contributed by atoms with Crippen LogP contribution in [0.25, 0.3) is 0 Å². The molecular weight excluding hydrogens is 551 g/mol. The highest BCUT2D eigenvalue weighted by molar-refractivity contribution is 7.97. The molecule has 1 aromatic heterocycles. The highest BCUT2D eigenvalue weighted by Crippen LogP contribution is 2.48. The van der Waals surface area contributed by atoms with E-state index in [0.717, 1.165) is 15.9 Å². The van der Waals surface area contributed by atoms with Crippen LogP contribution in [-0.4, -0.2) is 22.6 Å². The van der Waals surface area contributed by atoms with Crippen LogP contribution in [0.3, 0.4) is 0 Å². The first-order chi connectivity index (χ1) is 21.1. The van der Waals surface area contributed by atoms with E-state index in [0.29, 0.717) is 33.1 Å². The summed E-state index contributed by atoms with van der Waals surface area (Å²) >= 11 is 0. The summed E-state index contributed by atoms with van der Waals surface area (Å²) in [4.78, 5) is 42.1. The number of Topliss-reactive ketones (excluding diaryl/α,β-unsaturated/α-hetero) is 1. The molecule has 1 heterocycles. The molecule has 0 amide bonds. The lowest BCUT2D eigenvalue weighted by atomic mass is 9.83. The van der Waals surface area contributed by atoms with Gasteiger partial charge in [0.25, 0.3) is 0 Å². The van der Waals surface area contributed by atoms with Gasteiger partial charge in [-0.2, -0.15) is 0 Å². The molecule has 7 rings (SSSR count). The summed E-state index contributed by atoms with van der Waals surface area (Å²) in [5.74, 6) is -0.511. The summed E-state index contributed by atoms with van der Waals surface area (Å²) < 4.78 is 5.72. The topological polar surface area (TPSA) is 64.3 Å². The number of fused-ring (bicyclic) bond motifs is 2. The molecular formula is C38H25O4P. The molecule has 1 aliphatic rings. The first-order valence-corrected chi connectivity index (χ1v) is 15.7. The highest BCUT2D eigenvalue weighted by atomic mass is 31.2. The lowest BCUT2D eigenvalue weighted by Crippen LogP contribution is -2.34. The second-order valence-electron chi connectivity index (χ2n) is 10.3. The Morgan fingerprint density at radius 2 is 0.953 bits per heavy atom. The minimum atomic E-state index is -2.91. The number of rotatable bonds is 6. The van der Waals surface area contributed by atoms with Gasteiger partial charge in [0.15, 0.2) is 17.3 Å². The number of furan rings is 1. The van der Waals surface area contributed by atoms with E-state index in [2.05, 4.69) is 36.4 Å². The van der Waals surface area contributed by atoms with E-state index < -0.39 is 6.89 Å². The van der Waals surface area contributed by atoms with Crippen molar-refractivity contribution in [2.75, 3.05) is 0 Å². The number of carbonyl (C=O) groups is 3. The molecule has 0 aliphatic heterocycles. The van der Waals surface area contributed by atoms with Crippen LogP contribution in [0.5, 0.6) is 0 Å². The Kier molecular flexibility index (Phi) is 6.69. The molecule has 0 spiro atoms. The Balaban J connectivity index is 1.66. The summed E-state index contributed by atoms with van der Waals surface area (Å²) in [7, 11) is 0. The smallest absolute Gasteiger partial charge is 0.229 e. The van der Waals surface area contributed by atoms with Crippen LogP contribution < -0.4 is 15.9 Å². The van der Waals surface area contributed by atoms with Crippen LogP contribution >= 0.6 is 6.89 Å². The van der Waals surface area contributed by atoms with Crippen LogP contribution in [0, 0.1) is 0 Å². The third-order valence-corrected chi connectivity index (χ3v) is 12.3. The van der Waals surface area contributed by atoms with Gasteiger partial charge in [-0.1, -0.05) is 121 Å². The Morgan fingerprint density at radius 1 is 0.488 bits per heavy atom. The zero-order valence-corrected chi connectivity index (χ0v) is 23.9.